The number of benzene rings is 2. The summed E-state index contributed by atoms with van der Waals surface area (Å²) in [5.74, 6) is 0.315. The Bertz CT molecular complexity index is 992. The van der Waals surface area contributed by atoms with Crippen LogP contribution in [-0.2, 0) is 4.79 Å². The average Bonchev–Trinajstić information content (AvgIpc) is 2.76. The minimum absolute atomic E-state index is 0.0888. The maximum absolute atomic E-state index is 13.2. The molecule has 1 amide bonds. The summed E-state index contributed by atoms with van der Waals surface area (Å²) in [6.07, 6.45) is 3.31. The zero-order chi connectivity index (χ0) is 20.2. The molecular formula is C22H20F2N4O. The molecule has 1 aromatic heterocycles. The highest BCUT2D eigenvalue weighted by Crippen LogP contribution is 2.25. The van der Waals surface area contributed by atoms with E-state index in [1.807, 2.05) is 6.07 Å². The quantitative estimate of drug-likeness (QED) is 0.718. The van der Waals surface area contributed by atoms with Gasteiger partial charge in [-0.25, -0.2) is 18.7 Å². The fourth-order valence-corrected chi connectivity index (χ4v) is 3.44. The molecule has 3 aromatic rings. The smallest absolute Gasteiger partial charge is 0.229 e. The van der Waals surface area contributed by atoms with E-state index in [0.717, 1.165) is 30.8 Å². The van der Waals surface area contributed by atoms with Gasteiger partial charge in [0.2, 0.25) is 5.91 Å². The molecule has 1 aliphatic rings. The molecule has 0 spiro atoms. The summed E-state index contributed by atoms with van der Waals surface area (Å²) in [5.41, 5.74) is 1.31. The minimum Gasteiger partial charge on any atom is -0.356 e. The molecule has 4 rings (SSSR count). The van der Waals surface area contributed by atoms with Crippen molar-refractivity contribution in [3.63, 3.8) is 0 Å². The molecule has 1 fully saturated rings. The van der Waals surface area contributed by atoms with Crippen molar-refractivity contribution in [2.75, 3.05) is 23.3 Å². The van der Waals surface area contributed by atoms with E-state index >= 15 is 0 Å². The van der Waals surface area contributed by atoms with Crippen LogP contribution in [-0.4, -0.2) is 29.0 Å². The lowest BCUT2D eigenvalue weighted by molar-refractivity contribution is -0.120. The zero-order valence-electron chi connectivity index (χ0n) is 15.7. The van der Waals surface area contributed by atoms with Crippen LogP contribution in [0.5, 0.6) is 0 Å². The van der Waals surface area contributed by atoms with E-state index in [0.29, 0.717) is 18.1 Å². The molecular weight excluding hydrogens is 374 g/mol. The van der Waals surface area contributed by atoms with Crippen molar-refractivity contribution in [3.8, 4) is 11.4 Å². The summed E-state index contributed by atoms with van der Waals surface area (Å²) in [6, 6.07) is 13.6. The second-order valence-electron chi connectivity index (χ2n) is 7.03. The van der Waals surface area contributed by atoms with Crippen LogP contribution in [0, 0.1) is 17.6 Å². The number of nitrogens with one attached hydrogen (secondary N) is 1. The number of hydrogen-bond donors (Lipinski definition) is 1. The van der Waals surface area contributed by atoms with Gasteiger partial charge in [-0.05, 0) is 67.4 Å². The molecule has 0 saturated carbocycles. The number of nitrogens with zero attached hydrogens (tertiary/aromatic N) is 3. The van der Waals surface area contributed by atoms with Gasteiger partial charge < -0.3 is 10.2 Å². The number of rotatable bonds is 4. The van der Waals surface area contributed by atoms with Crippen LogP contribution in [0.15, 0.2) is 60.8 Å². The standard InChI is InChI=1S/C22H20F2N4O/c23-17-5-3-15(4-6-17)21-25-12-11-20(27-21)28-13-1-2-16(14-28)22(29)26-19-9-7-18(24)8-10-19/h3-12,16H,1-2,13-14H2,(H,26,29). The molecule has 29 heavy (non-hydrogen) atoms. The first kappa shape index (κ1) is 19.0. The Hall–Kier alpha value is -3.35. The largest absolute Gasteiger partial charge is 0.356 e. The number of carbonyl (C=O) groups is 1. The first-order chi connectivity index (χ1) is 14.1. The van der Waals surface area contributed by atoms with Gasteiger partial charge in [0.1, 0.15) is 17.5 Å². The van der Waals surface area contributed by atoms with E-state index < -0.39 is 0 Å². The van der Waals surface area contributed by atoms with Crippen LogP contribution in [0.1, 0.15) is 12.8 Å². The first-order valence-corrected chi connectivity index (χ1v) is 9.49. The Morgan fingerprint density at radius 3 is 2.41 bits per heavy atom. The van der Waals surface area contributed by atoms with Gasteiger partial charge >= 0.3 is 0 Å². The molecule has 1 N–H and O–H groups in total. The lowest BCUT2D eigenvalue weighted by Gasteiger charge is -2.33. The van der Waals surface area contributed by atoms with Gasteiger partial charge in [-0.15, -0.1) is 0 Å². The third-order valence-electron chi connectivity index (χ3n) is 4.97. The molecule has 0 aliphatic carbocycles. The molecule has 0 radical (unpaired) electrons. The van der Waals surface area contributed by atoms with Crippen LogP contribution >= 0.6 is 0 Å². The van der Waals surface area contributed by atoms with Gasteiger partial charge in [0.05, 0.1) is 5.92 Å². The summed E-state index contributed by atoms with van der Waals surface area (Å²) in [4.78, 5) is 23.6. The highest BCUT2D eigenvalue weighted by atomic mass is 19.1. The summed E-state index contributed by atoms with van der Waals surface area (Å²) < 4.78 is 26.2. The van der Waals surface area contributed by atoms with Crippen molar-refractivity contribution in [1.82, 2.24) is 9.97 Å². The van der Waals surface area contributed by atoms with Gasteiger partial charge in [-0.2, -0.15) is 0 Å². The highest BCUT2D eigenvalue weighted by molar-refractivity contribution is 5.93. The predicted molar refractivity (Wildman–Crippen MR) is 107 cm³/mol. The molecule has 2 heterocycles. The summed E-state index contributed by atoms with van der Waals surface area (Å²) >= 11 is 0. The minimum atomic E-state index is -0.340. The average molecular weight is 394 g/mol. The Balaban J connectivity index is 1.46. The van der Waals surface area contributed by atoms with E-state index in [-0.39, 0.29) is 23.5 Å². The van der Waals surface area contributed by atoms with E-state index in [1.165, 1.54) is 24.3 Å². The Morgan fingerprint density at radius 1 is 1.00 bits per heavy atom. The number of halogens is 2. The molecule has 1 saturated heterocycles. The fraction of sp³-hybridized carbons (Fsp3) is 0.227. The van der Waals surface area contributed by atoms with Gasteiger partial charge in [-0.3, -0.25) is 4.79 Å². The molecule has 0 bridgehead atoms. The van der Waals surface area contributed by atoms with Crippen molar-refractivity contribution in [1.29, 1.82) is 0 Å². The Kier molecular flexibility index (Phi) is 5.46. The number of hydrogen-bond acceptors (Lipinski definition) is 4. The van der Waals surface area contributed by atoms with Gasteiger partial charge in [-0.1, -0.05) is 0 Å². The van der Waals surface area contributed by atoms with E-state index in [2.05, 4.69) is 20.2 Å². The second kappa shape index (κ2) is 8.34. The van der Waals surface area contributed by atoms with Crippen molar-refractivity contribution in [2.24, 2.45) is 5.92 Å². The van der Waals surface area contributed by atoms with E-state index in [9.17, 15) is 13.6 Å². The lowest BCUT2D eigenvalue weighted by atomic mass is 9.97. The van der Waals surface area contributed by atoms with Crippen LogP contribution in [0.3, 0.4) is 0 Å². The van der Waals surface area contributed by atoms with Crippen LogP contribution in [0.4, 0.5) is 20.3 Å². The van der Waals surface area contributed by atoms with Crippen molar-refractivity contribution < 1.29 is 13.6 Å². The maximum atomic E-state index is 13.2. The first-order valence-electron chi connectivity index (χ1n) is 9.49. The topological polar surface area (TPSA) is 58.1 Å². The molecule has 7 heteroatoms. The maximum Gasteiger partial charge on any atom is 0.229 e. The third kappa shape index (κ3) is 4.56. The summed E-state index contributed by atoms with van der Waals surface area (Å²) in [6.45, 7) is 1.33. The molecule has 1 atom stereocenters. The van der Waals surface area contributed by atoms with Gasteiger partial charge in [0.25, 0.3) is 0 Å². The number of amides is 1. The Morgan fingerprint density at radius 2 is 1.69 bits per heavy atom. The third-order valence-corrected chi connectivity index (χ3v) is 4.97. The normalized spacial score (nSPS) is 16.5. The zero-order valence-corrected chi connectivity index (χ0v) is 15.7. The van der Waals surface area contributed by atoms with E-state index in [1.54, 1.807) is 30.5 Å². The van der Waals surface area contributed by atoms with Gasteiger partial charge in [0.15, 0.2) is 5.82 Å². The Labute approximate surface area is 167 Å². The number of aromatic nitrogens is 2. The highest BCUT2D eigenvalue weighted by Gasteiger charge is 2.27. The summed E-state index contributed by atoms with van der Waals surface area (Å²) in [7, 11) is 0. The number of anilines is 2. The van der Waals surface area contributed by atoms with Crippen molar-refractivity contribution >= 4 is 17.4 Å². The van der Waals surface area contributed by atoms with Gasteiger partial charge in [0, 0.05) is 30.5 Å². The van der Waals surface area contributed by atoms with Crippen molar-refractivity contribution in [2.45, 2.75) is 12.8 Å². The monoisotopic (exact) mass is 394 g/mol. The van der Waals surface area contributed by atoms with E-state index in [4.69, 9.17) is 0 Å². The predicted octanol–water partition coefficient (Wildman–Crippen LogP) is 4.28. The van der Waals surface area contributed by atoms with Crippen LogP contribution in [0.2, 0.25) is 0 Å². The molecule has 1 unspecified atom stereocenters. The molecule has 5 nitrogen and oxygen atoms in total. The molecule has 1 aliphatic heterocycles. The second-order valence-corrected chi connectivity index (χ2v) is 7.03. The number of carbonyl (C=O) groups excluding carboxylic acids is 1. The summed E-state index contributed by atoms with van der Waals surface area (Å²) in [5, 5.41) is 2.85. The lowest BCUT2D eigenvalue weighted by Crippen LogP contribution is -2.41. The molecule has 148 valence electrons. The van der Waals surface area contributed by atoms with Crippen molar-refractivity contribution in [3.05, 3.63) is 72.4 Å². The SMILES string of the molecule is O=C(Nc1ccc(F)cc1)C1CCCN(c2ccnc(-c3ccc(F)cc3)n2)C1. The fourth-order valence-electron chi connectivity index (χ4n) is 3.44. The molecule has 2 aromatic carbocycles. The van der Waals surface area contributed by atoms with Crippen LogP contribution < -0.4 is 10.2 Å². The van der Waals surface area contributed by atoms with Crippen LogP contribution in [0.25, 0.3) is 11.4 Å². The number of piperidine rings is 1.